The van der Waals surface area contributed by atoms with Gasteiger partial charge >= 0.3 is 0 Å². The Morgan fingerprint density at radius 1 is 1.20 bits per heavy atom. The van der Waals surface area contributed by atoms with Gasteiger partial charge in [-0.3, -0.25) is 0 Å². The van der Waals surface area contributed by atoms with Crippen LogP contribution in [0.2, 0.25) is 0 Å². The minimum Gasteiger partial charge on any atom is -0.309 e. The normalized spacial score (nSPS) is 12.5. The number of hydrogen-bond acceptors (Lipinski definition) is 1. The fourth-order valence-electron chi connectivity index (χ4n) is 1.73. The van der Waals surface area contributed by atoms with Gasteiger partial charge in [0.1, 0.15) is 0 Å². The predicted molar refractivity (Wildman–Crippen MR) is 70.1 cm³/mol. The fourth-order valence-corrected chi connectivity index (χ4v) is 1.73. The highest BCUT2D eigenvalue weighted by Crippen LogP contribution is 2.19. The summed E-state index contributed by atoms with van der Waals surface area (Å²) in [5.74, 6) is 0.697. The van der Waals surface area contributed by atoms with Crippen LogP contribution < -0.4 is 5.32 Å². The van der Waals surface area contributed by atoms with Gasteiger partial charge in [0.15, 0.2) is 0 Å². The molecule has 88 valence electrons. The second-order valence-electron chi connectivity index (χ2n) is 4.47. The van der Waals surface area contributed by atoms with E-state index < -0.39 is 0 Å². The molecular formula is C14H27N. The topological polar surface area (TPSA) is 12.0 Å². The van der Waals surface area contributed by atoms with E-state index in [2.05, 4.69) is 32.3 Å². The quantitative estimate of drug-likeness (QED) is 0.567. The van der Waals surface area contributed by atoms with Crippen molar-refractivity contribution < 1.29 is 0 Å². The van der Waals surface area contributed by atoms with Gasteiger partial charge in [0, 0.05) is 13.1 Å². The third kappa shape index (κ3) is 7.38. The molecule has 0 rings (SSSR count). The van der Waals surface area contributed by atoms with Crippen molar-refractivity contribution in [1.82, 2.24) is 5.32 Å². The van der Waals surface area contributed by atoms with Crippen LogP contribution in [0.15, 0.2) is 24.3 Å². The third-order valence-electron chi connectivity index (χ3n) is 2.76. The molecule has 0 aromatic rings. The van der Waals surface area contributed by atoms with Gasteiger partial charge in [-0.15, -0.1) is 0 Å². The van der Waals surface area contributed by atoms with Crippen LogP contribution in [-0.2, 0) is 0 Å². The number of hydrogen-bond donors (Lipinski definition) is 1. The average molecular weight is 209 g/mol. The van der Waals surface area contributed by atoms with E-state index in [0.717, 1.165) is 13.1 Å². The summed E-state index contributed by atoms with van der Waals surface area (Å²) in [5, 5.41) is 3.38. The van der Waals surface area contributed by atoms with Gasteiger partial charge in [0.05, 0.1) is 0 Å². The Morgan fingerprint density at radius 3 is 2.33 bits per heavy atom. The van der Waals surface area contributed by atoms with Crippen molar-refractivity contribution in [1.29, 1.82) is 0 Å². The predicted octanol–water partition coefficient (Wildman–Crippen LogP) is 3.92. The zero-order valence-electron chi connectivity index (χ0n) is 10.7. The molecule has 1 nitrogen and oxygen atoms in total. The Morgan fingerprint density at radius 2 is 1.87 bits per heavy atom. The second-order valence-corrected chi connectivity index (χ2v) is 4.47. The monoisotopic (exact) mass is 209 g/mol. The maximum Gasteiger partial charge on any atom is 0.0167 e. The highest BCUT2D eigenvalue weighted by molar-refractivity contribution is 5.04. The summed E-state index contributed by atoms with van der Waals surface area (Å²) < 4.78 is 0. The smallest absolute Gasteiger partial charge is 0.0167 e. The lowest BCUT2D eigenvalue weighted by Gasteiger charge is -2.18. The lowest BCUT2D eigenvalue weighted by atomic mass is 9.92. The first-order valence-corrected chi connectivity index (χ1v) is 6.14. The summed E-state index contributed by atoms with van der Waals surface area (Å²) in [6.07, 6.45) is 5.11. The maximum atomic E-state index is 4.18. The van der Waals surface area contributed by atoms with E-state index in [1.165, 1.54) is 36.8 Å². The molecule has 0 radical (unpaired) electrons. The van der Waals surface area contributed by atoms with E-state index >= 15 is 0 Å². The number of nitrogens with one attached hydrogen (secondary N) is 1. The largest absolute Gasteiger partial charge is 0.309 e. The molecule has 15 heavy (non-hydrogen) atoms. The Kier molecular flexibility index (Phi) is 8.40. The van der Waals surface area contributed by atoms with Crippen molar-refractivity contribution in [3.05, 3.63) is 24.3 Å². The summed E-state index contributed by atoms with van der Waals surface area (Å²) in [7, 11) is 0. The zero-order chi connectivity index (χ0) is 11.7. The first kappa shape index (κ1) is 14.4. The van der Waals surface area contributed by atoms with Gasteiger partial charge in [-0.2, -0.15) is 0 Å². The number of unbranched alkanes of at least 4 members (excludes halogenated alkanes) is 1. The summed E-state index contributed by atoms with van der Waals surface area (Å²) in [5.41, 5.74) is 2.54. The molecule has 0 amide bonds. The van der Waals surface area contributed by atoms with Crippen LogP contribution in [0.25, 0.3) is 0 Å². The van der Waals surface area contributed by atoms with E-state index in [0.29, 0.717) is 5.92 Å². The van der Waals surface area contributed by atoms with Crippen molar-refractivity contribution in [2.45, 2.75) is 46.5 Å². The van der Waals surface area contributed by atoms with Crippen LogP contribution in [0.4, 0.5) is 0 Å². The van der Waals surface area contributed by atoms with E-state index in [-0.39, 0.29) is 0 Å². The van der Waals surface area contributed by atoms with Crippen LogP contribution in [-0.4, -0.2) is 13.1 Å². The van der Waals surface area contributed by atoms with Gasteiger partial charge < -0.3 is 5.32 Å². The molecule has 0 fully saturated rings. The van der Waals surface area contributed by atoms with Crippen LogP contribution >= 0.6 is 0 Å². The van der Waals surface area contributed by atoms with Crippen molar-refractivity contribution in [2.75, 3.05) is 13.1 Å². The second kappa shape index (κ2) is 8.72. The Labute approximate surface area is 95.7 Å². The molecule has 1 N–H and O–H groups in total. The molecule has 0 aliphatic heterocycles. The van der Waals surface area contributed by atoms with Crippen molar-refractivity contribution in [3.63, 3.8) is 0 Å². The molecule has 0 aliphatic rings. The van der Waals surface area contributed by atoms with E-state index in [4.69, 9.17) is 0 Å². The van der Waals surface area contributed by atoms with E-state index in [9.17, 15) is 0 Å². The minimum absolute atomic E-state index is 0.697. The Bertz CT molecular complexity index is 194. The summed E-state index contributed by atoms with van der Waals surface area (Å²) in [6, 6.07) is 0. The molecule has 0 saturated carbocycles. The van der Waals surface area contributed by atoms with Crippen LogP contribution in [0.5, 0.6) is 0 Å². The molecule has 1 atom stereocenters. The van der Waals surface area contributed by atoms with Gasteiger partial charge in [-0.25, -0.2) is 0 Å². The maximum absolute atomic E-state index is 4.18. The fraction of sp³-hybridized carbons (Fsp3) is 0.714. The molecule has 0 heterocycles. The van der Waals surface area contributed by atoms with Crippen LogP contribution in [0.1, 0.15) is 46.5 Å². The number of rotatable bonds is 9. The van der Waals surface area contributed by atoms with E-state index in [1.54, 1.807) is 0 Å². The minimum atomic E-state index is 0.697. The highest BCUT2D eigenvalue weighted by Gasteiger charge is 2.09. The summed E-state index contributed by atoms with van der Waals surface area (Å²) >= 11 is 0. The van der Waals surface area contributed by atoms with E-state index in [1.807, 2.05) is 6.92 Å². The summed E-state index contributed by atoms with van der Waals surface area (Å²) in [4.78, 5) is 0. The standard InChI is InChI=1S/C14H27N/c1-6-8-9-14(7-2)13(5)11-15-10-12(3)4/h14-15H,3,5-11H2,1-2,4H3. The van der Waals surface area contributed by atoms with Crippen LogP contribution in [0, 0.1) is 5.92 Å². The van der Waals surface area contributed by atoms with Gasteiger partial charge in [-0.1, -0.05) is 51.0 Å². The van der Waals surface area contributed by atoms with Gasteiger partial charge in [-0.05, 0) is 25.7 Å². The summed E-state index contributed by atoms with van der Waals surface area (Å²) in [6.45, 7) is 16.4. The average Bonchev–Trinajstić information content (AvgIpc) is 2.18. The molecule has 0 bridgehead atoms. The third-order valence-corrected chi connectivity index (χ3v) is 2.76. The van der Waals surface area contributed by atoms with Gasteiger partial charge in [0.2, 0.25) is 0 Å². The first-order chi connectivity index (χ1) is 7.11. The molecule has 0 aromatic heterocycles. The zero-order valence-corrected chi connectivity index (χ0v) is 10.7. The van der Waals surface area contributed by atoms with Crippen molar-refractivity contribution >= 4 is 0 Å². The van der Waals surface area contributed by atoms with Crippen LogP contribution in [0.3, 0.4) is 0 Å². The molecule has 0 aromatic carbocycles. The Balaban J connectivity index is 3.77. The molecule has 1 heteroatoms. The lowest BCUT2D eigenvalue weighted by molar-refractivity contribution is 0.501. The lowest BCUT2D eigenvalue weighted by Crippen LogP contribution is -2.21. The van der Waals surface area contributed by atoms with Crippen molar-refractivity contribution in [2.24, 2.45) is 5.92 Å². The SMILES string of the molecule is C=C(C)CNCC(=C)C(CC)CCCC. The molecule has 0 saturated heterocycles. The first-order valence-electron chi connectivity index (χ1n) is 6.14. The molecule has 0 aliphatic carbocycles. The molecule has 1 unspecified atom stereocenters. The molecule has 0 spiro atoms. The Hall–Kier alpha value is -0.560. The molecular weight excluding hydrogens is 182 g/mol. The highest BCUT2D eigenvalue weighted by atomic mass is 14.8. The van der Waals surface area contributed by atoms with Gasteiger partial charge in [0.25, 0.3) is 0 Å². The van der Waals surface area contributed by atoms with Crippen molar-refractivity contribution in [3.8, 4) is 0 Å².